The quantitative estimate of drug-likeness (QED) is 0.626. The van der Waals surface area contributed by atoms with Gasteiger partial charge in [-0.3, -0.25) is 9.59 Å². The number of benzene rings is 2. The van der Waals surface area contributed by atoms with Gasteiger partial charge in [-0.2, -0.15) is 0 Å². The molecule has 1 N–H and O–H groups in total. The van der Waals surface area contributed by atoms with Gasteiger partial charge in [0, 0.05) is 20.9 Å². The molecule has 0 bridgehead atoms. The maximum absolute atomic E-state index is 13.4. The molecule has 1 atom stereocenters. The molecule has 1 heterocycles. The Morgan fingerprint density at radius 1 is 1.21 bits per heavy atom. The molecule has 1 saturated heterocycles. The highest BCUT2D eigenvalue weighted by molar-refractivity contribution is 9.10. The van der Waals surface area contributed by atoms with E-state index in [1.165, 1.54) is 12.0 Å². The van der Waals surface area contributed by atoms with Gasteiger partial charge in [0.25, 0.3) is 5.91 Å². The highest BCUT2D eigenvalue weighted by Gasteiger charge is 2.47. The molecule has 0 aliphatic carbocycles. The fraction of sp³-hybridized carbons (Fsp3) is 0.250. The largest absolute Gasteiger partial charge is 0.468 e. The lowest BCUT2D eigenvalue weighted by molar-refractivity contribution is -0.138. The van der Waals surface area contributed by atoms with Gasteiger partial charge >= 0.3 is 5.97 Å². The number of carbonyl (C=O) groups is 2. The Bertz CT molecular complexity index is 961. The molecule has 6 nitrogen and oxygen atoms in total. The fourth-order valence-electron chi connectivity index (χ4n) is 3.05. The molecule has 29 heavy (non-hydrogen) atoms. The first-order valence-electron chi connectivity index (χ1n) is 8.66. The van der Waals surface area contributed by atoms with Crippen molar-refractivity contribution < 1.29 is 14.3 Å². The number of ether oxygens (including phenoxy) is 1. The topological polar surface area (TPSA) is 71.0 Å². The van der Waals surface area contributed by atoms with E-state index >= 15 is 0 Å². The number of hydrogen-bond acceptors (Lipinski definition) is 4. The summed E-state index contributed by atoms with van der Waals surface area (Å²) in [4.78, 5) is 30.6. The van der Waals surface area contributed by atoms with Crippen molar-refractivity contribution in [3.05, 3.63) is 62.5 Å². The highest BCUT2D eigenvalue weighted by atomic mass is 79.9. The first-order chi connectivity index (χ1) is 13.7. The lowest BCUT2D eigenvalue weighted by atomic mass is 9.93. The number of amides is 1. The first-order valence-corrected chi connectivity index (χ1v) is 10.2. The molecule has 0 radical (unpaired) electrons. The fourth-order valence-corrected chi connectivity index (χ4v) is 3.83. The van der Waals surface area contributed by atoms with Crippen LogP contribution in [-0.4, -0.2) is 37.0 Å². The number of anilines is 1. The molecule has 2 aromatic rings. The molecule has 0 saturated carbocycles. The minimum atomic E-state index is -0.975. The zero-order valence-electron chi connectivity index (χ0n) is 15.7. The van der Waals surface area contributed by atoms with E-state index in [9.17, 15) is 9.59 Å². The van der Waals surface area contributed by atoms with E-state index in [-0.39, 0.29) is 18.4 Å². The molecule has 1 amide bonds. The van der Waals surface area contributed by atoms with Crippen LogP contribution in [0.15, 0.2) is 51.9 Å². The Morgan fingerprint density at radius 2 is 1.83 bits per heavy atom. The van der Waals surface area contributed by atoms with Gasteiger partial charge in [-0.05, 0) is 42.8 Å². The number of aliphatic imine (C=N–C) groups is 1. The second-order valence-electron chi connectivity index (χ2n) is 6.74. The molecule has 0 aromatic heterocycles. The van der Waals surface area contributed by atoms with Crippen LogP contribution in [0.3, 0.4) is 0 Å². The van der Waals surface area contributed by atoms with Crippen LogP contribution < -0.4 is 10.2 Å². The Morgan fingerprint density at radius 3 is 2.41 bits per heavy atom. The Kier molecular flexibility index (Phi) is 6.51. The molecular formula is C20H18BrCl2N3O3. The van der Waals surface area contributed by atoms with Gasteiger partial charge < -0.3 is 10.1 Å². The van der Waals surface area contributed by atoms with E-state index < -0.39 is 11.5 Å². The van der Waals surface area contributed by atoms with Crippen molar-refractivity contribution in [2.45, 2.75) is 18.9 Å². The maximum atomic E-state index is 13.4. The minimum absolute atomic E-state index is 0.231. The average Bonchev–Trinajstić information content (AvgIpc) is 2.91. The number of hydrogen-bond donors (Lipinski definition) is 1. The van der Waals surface area contributed by atoms with E-state index in [0.717, 1.165) is 10.0 Å². The number of nitrogens with zero attached hydrogens (tertiary/aromatic N) is 2. The predicted octanol–water partition coefficient (Wildman–Crippen LogP) is 4.22. The summed E-state index contributed by atoms with van der Waals surface area (Å²) in [7, 11) is 1.28. The first kappa shape index (κ1) is 21.6. The number of rotatable bonds is 5. The predicted molar refractivity (Wildman–Crippen MR) is 118 cm³/mol. The zero-order chi connectivity index (χ0) is 21.2. The van der Waals surface area contributed by atoms with Crippen molar-refractivity contribution in [3.8, 4) is 0 Å². The smallest absolute Gasteiger partial charge is 0.327 e. The van der Waals surface area contributed by atoms with Gasteiger partial charge in [-0.1, -0.05) is 51.3 Å². The Labute approximate surface area is 187 Å². The second kappa shape index (κ2) is 8.73. The lowest BCUT2D eigenvalue weighted by Crippen LogP contribution is -2.46. The van der Waals surface area contributed by atoms with Gasteiger partial charge in [-0.25, -0.2) is 9.89 Å². The monoisotopic (exact) mass is 497 g/mol. The molecule has 1 aliphatic heterocycles. The van der Waals surface area contributed by atoms with Gasteiger partial charge in [0.1, 0.15) is 12.1 Å². The summed E-state index contributed by atoms with van der Waals surface area (Å²) in [6.45, 7) is 1.56. The molecule has 1 aliphatic rings. The molecule has 2 aromatic carbocycles. The number of guanidine groups is 1. The molecular weight excluding hydrogens is 481 g/mol. The molecule has 0 unspecified atom stereocenters. The van der Waals surface area contributed by atoms with Gasteiger partial charge in [-0.15, -0.1) is 0 Å². The summed E-state index contributed by atoms with van der Waals surface area (Å²) in [6.07, 6.45) is 0.418. The van der Waals surface area contributed by atoms with E-state index in [1.807, 2.05) is 24.3 Å². The zero-order valence-corrected chi connectivity index (χ0v) is 18.8. The van der Waals surface area contributed by atoms with Crippen LogP contribution in [0, 0.1) is 0 Å². The van der Waals surface area contributed by atoms with E-state index in [1.54, 1.807) is 25.1 Å². The van der Waals surface area contributed by atoms with Crippen molar-refractivity contribution >= 4 is 62.7 Å². The van der Waals surface area contributed by atoms with Crippen LogP contribution in [0.5, 0.6) is 0 Å². The van der Waals surface area contributed by atoms with Crippen LogP contribution in [0.2, 0.25) is 10.0 Å². The summed E-state index contributed by atoms with van der Waals surface area (Å²) in [5, 5.41) is 3.93. The summed E-state index contributed by atoms with van der Waals surface area (Å²) in [5.74, 6) is -0.516. The number of halogens is 3. The average molecular weight is 499 g/mol. The van der Waals surface area contributed by atoms with Crippen LogP contribution in [0.4, 0.5) is 5.69 Å². The van der Waals surface area contributed by atoms with Crippen molar-refractivity contribution in [1.29, 1.82) is 0 Å². The summed E-state index contributed by atoms with van der Waals surface area (Å²) >= 11 is 15.7. The third kappa shape index (κ3) is 4.91. The normalized spacial score (nSPS) is 20.1. The molecule has 1 fully saturated rings. The summed E-state index contributed by atoms with van der Waals surface area (Å²) in [5.41, 5.74) is 0.454. The minimum Gasteiger partial charge on any atom is -0.468 e. The highest BCUT2D eigenvalue weighted by Crippen LogP contribution is 2.31. The van der Waals surface area contributed by atoms with Crippen molar-refractivity contribution in [1.82, 2.24) is 5.32 Å². The van der Waals surface area contributed by atoms with Crippen LogP contribution in [0.1, 0.15) is 12.5 Å². The summed E-state index contributed by atoms with van der Waals surface area (Å²) < 4.78 is 5.60. The SMILES string of the molecule is COC(=O)CN=C1N[C@](C)(Cc2ccc(Br)cc2)C(=O)N1c1cc(Cl)cc(Cl)c1. The standard InChI is InChI=1S/C20H18BrCl2N3O3/c1-20(10-12-3-5-13(21)6-4-12)18(28)26(16-8-14(22)7-15(23)9-16)19(25-20)24-11-17(27)29-2/h3-9H,10-11H2,1-2H3,(H,24,25)/t20-/m1/s1. The van der Waals surface area contributed by atoms with Crippen LogP contribution >= 0.6 is 39.1 Å². The van der Waals surface area contributed by atoms with Gasteiger partial charge in [0.2, 0.25) is 5.96 Å². The maximum Gasteiger partial charge on any atom is 0.327 e. The Hall–Kier alpha value is -2.09. The molecule has 152 valence electrons. The summed E-state index contributed by atoms with van der Waals surface area (Å²) in [6, 6.07) is 12.5. The van der Waals surface area contributed by atoms with Crippen molar-refractivity contribution in [2.75, 3.05) is 18.6 Å². The number of nitrogens with one attached hydrogen (secondary N) is 1. The number of methoxy groups -OCH3 is 1. The van der Waals surface area contributed by atoms with Gasteiger partial charge in [0.15, 0.2) is 0 Å². The second-order valence-corrected chi connectivity index (χ2v) is 8.53. The van der Waals surface area contributed by atoms with Gasteiger partial charge in [0.05, 0.1) is 12.8 Å². The third-order valence-corrected chi connectivity index (χ3v) is 5.40. The molecule has 3 rings (SSSR count). The van der Waals surface area contributed by atoms with Crippen molar-refractivity contribution in [2.24, 2.45) is 4.99 Å². The van der Waals surface area contributed by atoms with E-state index in [0.29, 0.717) is 22.2 Å². The number of carbonyl (C=O) groups excluding carboxylic acids is 2. The Balaban J connectivity index is 1.99. The van der Waals surface area contributed by atoms with Crippen LogP contribution in [-0.2, 0) is 20.7 Å². The molecule has 9 heteroatoms. The lowest BCUT2D eigenvalue weighted by Gasteiger charge is -2.22. The van der Waals surface area contributed by atoms with Crippen LogP contribution in [0.25, 0.3) is 0 Å². The number of esters is 1. The third-order valence-electron chi connectivity index (χ3n) is 4.44. The van der Waals surface area contributed by atoms with E-state index in [2.05, 4.69) is 31.0 Å². The van der Waals surface area contributed by atoms with E-state index in [4.69, 9.17) is 23.2 Å². The van der Waals surface area contributed by atoms with Crippen molar-refractivity contribution in [3.63, 3.8) is 0 Å². The molecule has 0 spiro atoms.